The Labute approximate surface area is 244 Å². The van der Waals surface area contributed by atoms with Gasteiger partial charge in [0.25, 0.3) is 0 Å². The summed E-state index contributed by atoms with van der Waals surface area (Å²) < 4.78 is 12.0. The molecule has 1 atom stereocenters. The van der Waals surface area contributed by atoms with Gasteiger partial charge >= 0.3 is 12.2 Å². The van der Waals surface area contributed by atoms with Crippen molar-refractivity contribution in [2.24, 2.45) is 11.8 Å². The van der Waals surface area contributed by atoms with E-state index < -0.39 is 23.7 Å². The van der Waals surface area contributed by atoms with Crippen LogP contribution in [-0.4, -0.2) is 58.1 Å². The second kappa shape index (κ2) is 12.2. The van der Waals surface area contributed by atoms with Gasteiger partial charge in [0.2, 0.25) is 5.91 Å². The van der Waals surface area contributed by atoms with Gasteiger partial charge in [0.05, 0.1) is 29.7 Å². The maximum atomic E-state index is 13.4. The number of amides is 2. The van der Waals surface area contributed by atoms with Gasteiger partial charge in [-0.3, -0.25) is 4.79 Å². The van der Waals surface area contributed by atoms with Gasteiger partial charge in [0.15, 0.2) is 5.82 Å². The van der Waals surface area contributed by atoms with E-state index in [9.17, 15) is 19.6 Å². The van der Waals surface area contributed by atoms with E-state index in [4.69, 9.17) is 21.1 Å². The third-order valence-corrected chi connectivity index (χ3v) is 6.81. The van der Waals surface area contributed by atoms with Crippen LogP contribution in [0.2, 0.25) is 5.02 Å². The smallest absolute Gasteiger partial charge is 0.435 e. The molecule has 0 saturated carbocycles. The van der Waals surface area contributed by atoms with Crippen molar-refractivity contribution >= 4 is 46.4 Å². The fourth-order valence-corrected chi connectivity index (χ4v) is 4.76. The Morgan fingerprint density at radius 3 is 2.61 bits per heavy atom. The summed E-state index contributed by atoms with van der Waals surface area (Å²) in [6.07, 6.45) is 0.0995. The molecule has 4 rings (SSSR count). The van der Waals surface area contributed by atoms with Crippen LogP contribution in [0.4, 0.5) is 15.4 Å². The molecule has 1 aromatic heterocycles. The van der Waals surface area contributed by atoms with Gasteiger partial charge < -0.3 is 19.7 Å². The molecule has 1 unspecified atom stereocenters. The summed E-state index contributed by atoms with van der Waals surface area (Å²) in [5.74, 6) is -0.514. The standard InChI is InChI=1S/C30H34ClN5O5/c1-18(2)17-40-29(39)36-25-11-9-20(22-13-19(15-32)8-10-24(22)31)14-23(25)26(34-36)33-27(37)21-7-6-12-35(16-21)28(38)41-30(3,4)5/h8-11,13-14,18,21H,6-7,12,16-17H2,1-5H3,(H,33,34,37). The highest BCUT2D eigenvalue weighted by molar-refractivity contribution is 6.33. The van der Waals surface area contributed by atoms with E-state index in [1.165, 1.54) is 0 Å². The van der Waals surface area contributed by atoms with E-state index in [2.05, 4.69) is 16.5 Å². The number of halogens is 1. The molecule has 1 fully saturated rings. The van der Waals surface area contributed by atoms with Crippen LogP contribution in [0.5, 0.6) is 0 Å². The fourth-order valence-electron chi connectivity index (χ4n) is 4.53. The fraction of sp³-hybridized carbons (Fsp3) is 0.433. The maximum absolute atomic E-state index is 13.4. The number of nitrogens with zero attached hydrogens (tertiary/aromatic N) is 4. The van der Waals surface area contributed by atoms with E-state index in [0.717, 1.165) is 4.68 Å². The molecule has 2 amide bonds. The van der Waals surface area contributed by atoms with E-state index in [1.54, 1.807) is 62.1 Å². The molecule has 1 N–H and O–H groups in total. The van der Waals surface area contributed by atoms with Gasteiger partial charge in [0.1, 0.15) is 5.60 Å². The molecule has 11 heteroatoms. The highest BCUT2D eigenvalue weighted by atomic mass is 35.5. The third-order valence-electron chi connectivity index (χ3n) is 6.48. The zero-order chi connectivity index (χ0) is 29.9. The number of anilines is 1. The predicted molar refractivity (Wildman–Crippen MR) is 156 cm³/mol. The number of carbonyl (C=O) groups is 3. The van der Waals surface area contributed by atoms with Gasteiger partial charge in [-0.1, -0.05) is 31.5 Å². The zero-order valence-corrected chi connectivity index (χ0v) is 24.6. The molecule has 216 valence electrons. The molecular formula is C30H34ClN5O5. The third kappa shape index (κ3) is 7.16. The highest BCUT2D eigenvalue weighted by Crippen LogP contribution is 2.34. The zero-order valence-electron chi connectivity index (χ0n) is 23.9. The highest BCUT2D eigenvalue weighted by Gasteiger charge is 2.32. The van der Waals surface area contributed by atoms with E-state index >= 15 is 0 Å². The molecule has 1 aliphatic heterocycles. The van der Waals surface area contributed by atoms with Gasteiger partial charge in [-0.25, -0.2) is 9.59 Å². The Bertz CT molecular complexity index is 1520. The number of fused-ring (bicyclic) bond motifs is 1. The van der Waals surface area contributed by atoms with Crippen LogP contribution in [0, 0.1) is 23.2 Å². The van der Waals surface area contributed by atoms with Crippen molar-refractivity contribution < 1.29 is 23.9 Å². The summed E-state index contributed by atoms with van der Waals surface area (Å²) >= 11 is 6.45. The maximum Gasteiger partial charge on any atom is 0.435 e. The molecule has 0 bridgehead atoms. The number of aromatic nitrogens is 2. The molecular weight excluding hydrogens is 546 g/mol. The molecule has 0 aliphatic carbocycles. The van der Waals surface area contributed by atoms with E-state index in [1.807, 2.05) is 13.8 Å². The number of likely N-dealkylation sites (tertiary alicyclic amines) is 1. The summed E-state index contributed by atoms with van der Waals surface area (Å²) in [7, 11) is 0. The largest absolute Gasteiger partial charge is 0.448 e. The predicted octanol–water partition coefficient (Wildman–Crippen LogP) is 6.45. The van der Waals surface area contributed by atoms with Crippen LogP contribution in [0.15, 0.2) is 36.4 Å². The van der Waals surface area contributed by atoms with Crippen LogP contribution in [0.1, 0.15) is 53.0 Å². The van der Waals surface area contributed by atoms with E-state index in [-0.39, 0.29) is 30.8 Å². The average molecular weight is 580 g/mol. The minimum absolute atomic E-state index is 0.125. The number of rotatable bonds is 5. The second-order valence-electron chi connectivity index (χ2n) is 11.5. The quantitative estimate of drug-likeness (QED) is 0.368. The van der Waals surface area contributed by atoms with Gasteiger partial charge in [-0.15, -0.1) is 5.10 Å². The number of piperidine rings is 1. The molecule has 2 aromatic carbocycles. The Morgan fingerprint density at radius 2 is 1.93 bits per heavy atom. The first kappa shape index (κ1) is 29.9. The first-order valence-electron chi connectivity index (χ1n) is 13.5. The van der Waals surface area contributed by atoms with Crippen LogP contribution >= 0.6 is 11.6 Å². The van der Waals surface area contributed by atoms with Crippen molar-refractivity contribution in [3.63, 3.8) is 0 Å². The number of ether oxygens (including phenoxy) is 2. The average Bonchev–Trinajstić information content (AvgIpc) is 3.28. The van der Waals surface area contributed by atoms with Crippen molar-refractivity contribution in [2.75, 3.05) is 25.0 Å². The van der Waals surface area contributed by atoms with Crippen molar-refractivity contribution in [3.05, 3.63) is 47.0 Å². The number of nitriles is 1. The lowest BCUT2D eigenvalue weighted by Crippen LogP contribution is -2.45. The molecule has 3 aromatic rings. The number of nitrogens with one attached hydrogen (secondary N) is 1. The van der Waals surface area contributed by atoms with Crippen molar-refractivity contribution in [3.8, 4) is 17.2 Å². The van der Waals surface area contributed by atoms with Crippen LogP contribution in [0.3, 0.4) is 0 Å². The lowest BCUT2D eigenvalue weighted by molar-refractivity contribution is -0.121. The second-order valence-corrected chi connectivity index (χ2v) is 11.9. The Balaban J connectivity index is 1.67. The summed E-state index contributed by atoms with van der Waals surface area (Å²) in [5.41, 5.74) is 1.54. The molecule has 0 spiro atoms. The van der Waals surface area contributed by atoms with Crippen LogP contribution in [-0.2, 0) is 14.3 Å². The van der Waals surface area contributed by atoms with Gasteiger partial charge in [-0.05, 0) is 75.4 Å². The molecule has 1 saturated heterocycles. The molecule has 1 aliphatic rings. The molecule has 2 heterocycles. The van der Waals surface area contributed by atoms with E-state index in [0.29, 0.717) is 52.0 Å². The molecule has 41 heavy (non-hydrogen) atoms. The topological polar surface area (TPSA) is 127 Å². The monoisotopic (exact) mass is 579 g/mol. The molecule has 0 radical (unpaired) electrons. The summed E-state index contributed by atoms with van der Waals surface area (Å²) in [5, 5.41) is 17.6. The first-order chi connectivity index (χ1) is 19.4. The van der Waals surface area contributed by atoms with Crippen LogP contribution < -0.4 is 5.32 Å². The number of hydrogen-bond donors (Lipinski definition) is 1. The number of benzene rings is 2. The van der Waals surface area contributed by atoms with Crippen molar-refractivity contribution in [1.82, 2.24) is 14.7 Å². The van der Waals surface area contributed by atoms with Gasteiger partial charge in [0, 0.05) is 29.1 Å². The number of hydrogen-bond acceptors (Lipinski definition) is 7. The first-order valence-corrected chi connectivity index (χ1v) is 13.9. The lowest BCUT2D eigenvalue weighted by atomic mass is 9.97. The van der Waals surface area contributed by atoms with Crippen LogP contribution in [0.25, 0.3) is 22.0 Å². The minimum atomic E-state index is -0.671. The van der Waals surface area contributed by atoms with Crippen molar-refractivity contribution in [1.29, 1.82) is 5.26 Å². The SMILES string of the molecule is CC(C)COC(=O)n1nc(NC(=O)C2CCCN(C(=O)OC(C)(C)C)C2)c2cc(-c3cc(C#N)ccc3Cl)ccc21. The van der Waals surface area contributed by atoms with Crippen molar-refractivity contribution in [2.45, 2.75) is 53.1 Å². The summed E-state index contributed by atoms with van der Waals surface area (Å²) in [6, 6.07) is 12.3. The summed E-state index contributed by atoms with van der Waals surface area (Å²) in [6.45, 7) is 10.2. The summed E-state index contributed by atoms with van der Waals surface area (Å²) in [4.78, 5) is 40.5. The Morgan fingerprint density at radius 1 is 1.17 bits per heavy atom. The minimum Gasteiger partial charge on any atom is -0.448 e. The normalized spacial score (nSPS) is 15.5. The molecule has 10 nitrogen and oxygen atoms in total. The number of carbonyl (C=O) groups excluding carboxylic acids is 3. The van der Waals surface area contributed by atoms with Gasteiger partial charge in [-0.2, -0.15) is 9.94 Å². The lowest BCUT2D eigenvalue weighted by Gasteiger charge is -2.33. The Hall–Kier alpha value is -4.10. The Kier molecular flexibility index (Phi) is 8.88.